The summed E-state index contributed by atoms with van der Waals surface area (Å²) < 4.78 is 45.7. The van der Waals surface area contributed by atoms with E-state index in [1.807, 2.05) is 6.92 Å². The molecule has 1 atom stereocenters. The van der Waals surface area contributed by atoms with Gasteiger partial charge in [0.25, 0.3) is 0 Å². The molecule has 26 heavy (non-hydrogen) atoms. The van der Waals surface area contributed by atoms with Crippen LogP contribution >= 0.6 is 0 Å². The Hall–Kier alpha value is -1.46. The number of hydrogen-bond acceptors (Lipinski definition) is 3. The summed E-state index contributed by atoms with van der Waals surface area (Å²) in [5, 5.41) is 0. The Morgan fingerprint density at radius 2 is 1.92 bits per heavy atom. The second kappa shape index (κ2) is 8.49. The van der Waals surface area contributed by atoms with E-state index in [2.05, 4.69) is 6.92 Å². The normalized spacial score (nSPS) is 29.2. The zero-order valence-corrected chi connectivity index (χ0v) is 15.6. The largest absolute Gasteiger partial charge is 0.498 e. The van der Waals surface area contributed by atoms with Crippen molar-refractivity contribution in [2.24, 2.45) is 0 Å². The van der Waals surface area contributed by atoms with E-state index in [0.29, 0.717) is 17.5 Å². The lowest BCUT2D eigenvalue weighted by molar-refractivity contribution is -0.239. The Morgan fingerprint density at radius 1 is 1.15 bits per heavy atom. The standard InChI is InChI=1S/C21H28F2O3/c1-3-5-17-8-6-16(12-24-17)18-9-7-15(11-19(18)22)20-25-13-21(23,10-4-2)14-26-20/h7,9,11-12,17,20H,3-6,8,10,13-14H2,1-2H3. The van der Waals surface area contributed by atoms with Gasteiger partial charge in [0.1, 0.15) is 5.82 Å². The molecule has 2 aliphatic rings. The minimum atomic E-state index is -1.44. The molecular formula is C21H28F2O3. The highest BCUT2D eigenvalue weighted by Gasteiger charge is 2.37. The molecule has 2 aliphatic heterocycles. The van der Waals surface area contributed by atoms with E-state index in [9.17, 15) is 8.78 Å². The Balaban J connectivity index is 1.65. The van der Waals surface area contributed by atoms with Crippen LogP contribution in [0.3, 0.4) is 0 Å². The van der Waals surface area contributed by atoms with Crippen molar-refractivity contribution < 1.29 is 23.0 Å². The van der Waals surface area contributed by atoms with Crippen LogP contribution in [0.4, 0.5) is 8.78 Å². The fourth-order valence-electron chi connectivity index (χ4n) is 3.62. The van der Waals surface area contributed by atoms with Crippen molar-refractivity contribution in [3.8, 4) is 0 Å². The monoisotopic (exact) mass is 366 g/mol. The summed E-state index contributed by atoms with van der Waals surface area (Å²) >= 11 is 0. The van der Waals surface area contributed by atoms with Gasteiger partial charge in [0, 0.05) is 11.1 Å². The van der Waals surface area contributed by atoms with Gasteiger partial charge in [-0.05, 0) is 37.3 Å². The summed E-state index contributed by atoms with van der Waals surface area (Å²) in [6.07, 6.45) is 6.16. The Kier molecular flexibility index (Phi) is 6.30. The molecule has 1 saturated heterocycles. The Morgan fingerprint density at radius 3 is 2.50 bits per heavy atom. The molecule has 0 aliphatic carbocycles. The van der Waals surface area contributed by atoms with Crippen LogP contribution < -0.4 is 0 Å². The van der Waals surface area contributed by atoms with Gasteiger partial charge >= 0.3 is 0 Å². The van der Waals surface area contributed by atoms with E-state index in [-0.39, 0.29) is 25.1 Å². The van der Waals surface area contributed by atoms with Crippen LogP contribution in [0.1, 0.15) is 69.8 Å². The average Bonchev–Trinajstić information content (AvgIpc) is 2.63. The summed E-state index contributed by atoms with van der Waals surface area (Å²) in [5.41, 5.74) is 0.553. The molecule has 5 heteroatoms. The molecule has 144 valence electrons. The van der Waals surface area contributed by atoms with Gasteiger partial charge in [0.15, 0.2) is 12.0 Å². The van der Waals surface area contributed by atoms with Crippen molar-refractivity contribution in [1.82, 2.24) is 0 Å². The van der Waals surface area contributed by atoms with Crippen LogP contribution in [0.15, 0.2) is 24.5 Å². The van der Waals surface area contributed by atoms with Crippen LogP contribution in [0.25, 0.3) is 5.57 Å². The first-order valence-electron chi connectivity index (χ1n) is 9.61. The second-order valence-corrected chi connectivity index (χ2v) is 7.32. The zero-order chi connectivity index (χ0) is 18.6. The van der Waals surface area contributed by atoms with Gasteiger partial charge in [-0.2, -0.15) is 0 Å². The van der Waals surface area contributed by atoms with E-state index >= 15 is 0 Å². The highest BCUT2D eigenvalue weighted by atomic mass is 19.1. The van der Waals surface area contributed by atoms with Gasteiger partial charge in [0.2, 0.25) is 0 Å². The number of hydrogen-bond donors (Lipinski definition) is 0. The maximum absolute atomic E-state index is 14.6. The van der Waals surface area contributed by atoms with Gasteiger partial charge in [-0.15, -0.1) is 0 Å². The lowest BCUT2D eigenvalue weighted by Crippen LogP contribution is -2.41. The molecule has 0 saturated carbocycles. The van der Waals surface area contributed by atoms with Gasteiger partial charge in [-0.3, -0.25) is 0 Å². The first-order valence-corrected chi connectivity index (χ1v) is 9.61. The molecule has 0 radical (unpaired) electrons. The van der Waals surface area contributed by atoms with Crippen molar-refractivity contribution in [3.05, 3.63) is 41.4 Å². The summed E-state index contributed by atoms with van der Waals surface area (Å²) in [6.45, 7) is 4.01. The van der Waals surface area contributed by atoms with E-state index in [0.717, 1.165) is 37.7 Å². The summed E-state index contributed by atoms with van der Waals surface area (Å²) in [6, 6.07) is 4.94. The first kappa shape index (κ1) is 19.3. The number of rotatable bonds is 6. The fourth-order valence-corrected chi connectivity index (χ4v) is 3.62. The number of benzene rings is 1. The number of ether oxygens (including phenoxy) is 3. The second-order valence-electron chi connectivity index (χ2n) is 7.32. The molecule has 3 nitrogen and oxygen atoms in total. The van der Waals surface area contributed by atoms with E-state index in [1.54, 1.807) is 18.4 Å². The SMILES string of the molecule is CCCC1CCC(c2ccc(C3OCC(F)(CCC)CO3)cc2F)=CO1. The summed E-state index contributed by atoms with van der Waals surface area (Å²) in [5.74, 6) is -0.330. The maximum Gasteiger partial charge on any atom is 0.184 e. The van der Waals surface area contributed by atoms with Crippen molar-refractivity contribution in [3.63, 3.8) is 0 Å². The first-order chi connectivity index (χ1) is 12.5. The molecule has 0 bridgehead atoms. The lowest BCUT2D eigenvalue weighted by Gasteiger charge is -2.34. The summed E-state index contributed by atoms with van der Waals surface area (Å²) in [7, 11) is 0. The molecule has 1 fully saturated rings. The van der Waals surface area contributed by atoms with Gasteiger partial charge in [-0.1, -0.05) is 38.8 Å². The van der Waals surface area contributed by atoms with E-state index in [1.165, 1.54) is 6.07 Å². The minimum Gasteiger partial charge on any atom is -0.498 e. The highest BCUT2D eigenvalue weighted by Crippen LogP contribution is 2.34. The van der Waals surface area contributed by atoms with E-state index in [4.69, 9.17) is 14.2 Å². The quantitative estimate of drug-likeness (QED) is 0.646. The molecule has 1 aromatic carbocycles. The summed E-state index contributed by atoms with van der Waals surface area (Å²) in [4.78, 5) is 0. The third kappa shape index (κ3) is 4.44. The highest BCUT2D eigenvalue weighted by molar-refractivity contribution is 5.66. The molecular weight excluding hydrogens is 338 g/mol. The van der Waals surface area contributed by atoms with Crippen molar-refractivity contribution in [1.29, 1.82) is 0 Å². The van der Waals surface area contributed by atoms with Crippen LogP contribution in [0.2, 0.25) is 0 Å². The van der Waals surface area contributed by atoms with Gasteiger partial charge < -0.3 is 14.2 Å². The Labute approximate surface area is 154 Å². The molecule has 0 N–H and O–H groups in total. The van der Waals surface area contributed by atoms with Crippen LogP contribution in [-0.2, 0) is 14.2 Å². The van der Waals surface area contributed by atoms with Crippen molar-refractivity contribution >= 4 is 5.57 Å². The minimum absolute atomic E-state index is 0.0211. The molecule has 2 heterocycles. The van der Waals surface area contributed by atoms with Crippen LogP contribution in [0.5, 0.6) is 0 Å². The zero-order valence-electron chi connectivity index (χ0n) is 15.6. The van der Waals surface area contributed by atoms with Gasteiger partial charge in [-0.25, -0.2) is 8.78 Å². The molecule has 0 spiro atoms. The lowest BCUT2D eigenvalue weighted by atomic mass is 9.95. The predicted octanol–water partition coefficient (Wildman–Crippen LogP) is 5.70. The van der Waals surface area contributed by atoms with Gasteiger partial charge in [0.05, 0.1) is 25.6 Å². The number of halogens is 2. The third-order valence-corrected chi connectivity index (χ3v) is 5.05. The smallest absolute Gasteiger partial charge is 0.184 e. The third-order valence-electron chi connectivity index (χ3n) is 5.05. The molecule has 1 unspecified atom stereocenters. The predicted molar refractivity (Wildman–Crippen MR) is 96.8 cm³/mol. The van der Waals surface area contributed by atoms with Crippen molar-refractivity contribution in [2.45, 2.75) is 70.4 Å². The van der Waals surface area contributed by atoms with Crippen LogP contribution in [0, 0.1) is 5.82 Å². The molecule has 0 aromatic heterocycles. The molecule has 0 amide bonds. The number of alkyl halides is 1. The van der Waals surface area contributed by atoms with E-state index < -0.39 is 12.0 Å². The number of allylic oxidation sites excluding steroid dienone is 1. The Bertz CT molecular complexity index is 636. The van der Waals surface area contributed by atoms with Crippen LogP contribution in [-0.4, -0.2) is 25.0 Å². The molecule has 1 aromatic rings. The molecule has 3 rings (SSSR count). The topological polar surface area (TPSA) is 27.7 Å². The van der Waals surface area contributed by atoms with Crippen molar-refractivity contribution in [2.75, 3.05) is 13.2 Å². The average molecular weight is 366 g/mol. The fraction of sp³-hybridized carbons (Fsp3) is 0.619. The maximum atomic E-state index is 14.6.